The van der Waals surface area contributed by atoms with E-state index in [-0.39, 0.29) is 0 Å². The van der Waals surface area contributed by atoms with Gasteiger partial charge in [-0.05, 0) is 36.0 Å². The monoisotopic (exact) mass is 341 g/mol. The van der Waals surface area contributed by atoms with E-state index in [1.807, 2.05) is 6.07 Å². The zero-order valence-electron chi connectivity index (χ0n) is 12.5. The SMILES string of the molecule is CC(C)c1ccc(C2CCC(c3ccccc3Br)=N2)cc1. The molecule has 0 saturated carbocycles. The van der Waals surface area contributed by atoms with Crippen LogP contribution in [0.3, 0.4) is 0 Å². The van der Waals surface area contributed by atoms with E-state index < -0.39 is 0 Å². The highest BCUT2D eigenvalue weighted by atomic mass is 79.9. The molecule has 0 fully saturated rings. The number of hydrogen-bond donors (Lipinski definition) is 0. The van der Waals surface area contributed by atoms with Gasteiger partial charge in [0.15, 0.2) is 0 Å². The molecule has 0 aliphatic carbocycles. The maximum Gasteiger partial charge on any atom is 0.0756 e. The first kappa shape index (κ1) is 14.5. The van der Waals surface area contributed by atoms with Crippen molar-refractivity contribution in [3.8, 4) is 0 Å². The normalized spacial score (nSPS) is 18.1. The van der Waals surface area contributed by atoms with Crippen molar-refractivity contribution in [2.24, 2.45) is 4.99 Å². The van der Waals surface area contributed by atoms with Crippen LogP contribution in [0.4, 0.5) is 0 Å². The van der Waals surface area contributed by atoms with E-state index in [0.717, 1.165) is 17.3 Å². The van der Waals surface area contributed by atoms with Crippen molar-refractivity contribution in [1.29, 1.82) is 0 Å². The lowest BCUT2D eigenvalue weighted by Gasteiger charge is -2.10. The van der Waals surface area contributed by atoms with Gasteiger partial charge in [-0.3, -0.25) is 4.99 Å². The molecule has 1 atom stereocenters. The van der Waals surface area contributed by atoms with Gasteiger partial charge in [0.25, 0.3) is 0 Å². The fourth-order valence-electron chi connectivity index (χ4n) is 2.83. The summed E-state index contributed by atoms with van der Waals surface area (Å²) in [6.07, 6.45) is 2.16. The fourth-order valence-corrected chi connectivity index (χ4v) is 3.35. The van der Waals surface area contributed by atoms with Crippen molar-refractivity contribution in [2.75, 3.05) is 0 Å². The van der Waals surface area contributed by atoms with Crippen LogP contribution in [0, 0.1) is 0 Å². The average Bonchev–Trinajstić information content (AvgIpc) is 2.97. The highest BCUT2D eigenvalue weighted by Gasteiger charge is 2.21. The third-order valence-corrected chi connectivity index (χ3v) is 4.83. The van der Waals surface area contributed by atoms with Crippen LogP contribution in [0.2, 0.25) is 0 Å². The third kappa shape index (κ3) is 3.11. The molecule has 1 heterocycles. The molecule has 2 aromatic rings. The molecule has 1 aliphatic rings. The molecule has 2 heteroatoms. The lowest BCUT2D eigenvalue weighted by atomic mass is 9.98. The summed E-state index contributed by atoms with van der Waals surface area (Å²) in [5.74, 6) is 0.585. The quantitative estimate of drug-likeness (QED) is 0.659. The summed E-state index contributed by atoms with van der Waals surface area (Å²) >= 11 is 3.63. The van der Waals surface area contributed by atoms with Gasteiger partial charge in [0.1, 0.15) is 0 Å². The zero-order valence-corrected chi connectivity index (χ0v) is 14.1. The standard InChI is InChI=1S/C19H20BrN/c1-13(2)14-7-9-15(10-8-14)18-11-12-19(21-18)16-5-3-4-6-17(16)20/h3-10,13,18H,11-12H2,1-2H3. The van der Waals surface area contributed by atoms with E-state index >= 15 is 0 Å². The first-order chi connectivity index (χ1) is 10.1. The van der Waals surface area contributed by atoms with E-state index in [2.05, 4.69) is 72.2 Å². The predicted octanol–water partition coefficient (Wildman–Crippen LogP) is 5.90. The van der Waals surface area contributed by atoms with Crippen molar-refractivity contribution in [1.82, 2.24) is 0 Å². The van der Waals surface area contributed by atoms with Gasteiger partial charge in [-0.2, -0.15) is 0 Å². The Bertz CT molecular complexity index is 656. The molecule has 0 N–H and O–H groups in total. The largest absolute Gasteiger partial charge is 0.281 e. The van der Waals surface area contributed by atoms with Crippen molar-refractivity contribution >= 4 is 21.6 Å². The molecule has 1 aliphatic heterocycles. The maximum atomic E-state index is 4.95. The number of aliphatic imine (C=N–C) groups is 1. The highest BCUT2D eigenvalue weighted by molar-refractivity contribution is 9.10. The van der Waals surface area contributed by atoms with Crippen LogP contribution in [0.5, 0.6) is 0 Å². The van der Waals surface area contributed by atoms with Gasteiger partial charge >= 0.3 is 0 Å². The Labute approximate surface area is 135 Å². The van der Waals surface area contributed by atoms with Crippen LogP contribution in [0.25, 0.3) is 0 Å². The molecule has 21 heavy (non-hydrogen) atoms. The van der Waals surface area contributed by atoms with Gasteiger partial charge in [0.2, 0.25) is 0 Å². The molecule has 0 saturated heterocycles. The first-order valence-electron chi connectivity index (χ1n) is 7.56. The number of benzene rings is 2. The molecular formula is C19H20BrN. The lowest BCUT2D eigenvalue weighted by molar-refractivity contribution is 0.722. The number of rotatable bonds is 3. The molecule has 1 unspecified atom stereocenters. The van der Waals surface area contributed by atoms with Gasteiger partial charge in [-0.15, -0.1) is 0 Å². The van der Waals surface area contributed by atoms with Crippen molar-refractivity contribution in [3.05, 3.63) is 69.7 Å². The van der Waals surface area contributed by atoms with Gasteiger partial charge in [0, 0.05) is 15.7 Å². The van der Waals surface area contributed by atoms with Crippen LogP contribution >= 0.6 is 15.9 Å². The summed E-state index contributed by atoms with van der Waals surface area (Å²) in [4.78, 5) is 4.95. The molecule has 0 amide bonds. The summed E-state index contributed by atoms with van der Waals surface area (Å²) < 4.78 is 1.14. The van der Waals surface area contributed by atoms with Crippen LogP contribution in [0.1, 0.15) is 55.3 Å². The Balaban J connectivity index is 1.84. The van der Waals surface area contributed by atoms with Crippen LogP contribution < -0.4 is 0 Å². The average molecular weight is 342 g/mol. The van der Waals surface area contributed by atoms with Crippen molar-refractivity contribution in [2.45, 2.75) is 38.6 Å². The molecule has 108 valence electrons. The fraction of sp³-hybridized carbons (Fsp3) is 0.316. The number of nitrogens with zero attached hydrogens (tertiary/aromatic N) is 1. The minimum Gasteiger partial charge on any atom is -0.281 e. The van der Waals surface area contributed by atoms with Gasteiger partial charge in [0.05, 0.1) is 6.04 Å². The summed E-state index contributed by atoms with van der Waals surface area (Å²) in [7, 11) is 0. The Kier molecular flexibility index (Phi) is 4.25. The molecule has 0 radical (unpaired) electrons. The van der Waals surface area contributed by atoms with Crippen LogP contribution in [-0.2, 0) is 0 Å². The molecule has 3 rings (SSSR count). The summed E-state index contributed by atoms with van der Waals surface area (Å²) in [5.41, 5.74) is 5.19. The van der Waals surface area contributed by atoms with E-state index in [4.69, 9.17) is 4.99 Å². The third-order valence-electron chi connectivity index (χ3n) is 4.14. The van der Waals surface area contributed by atoms with E-state index in [0.29, 0.717) is 12.0 Å². The number of halogens is 1. The summed E-state index contributed by atoms with van der Waals surface area (Å²) in [5, 5.41) is 0. The van der Waals surface area contributed by atoms with E-state index in [9.17, 15) is 0 Å². The summed E-state index contributed by atoms with van der Waals surface area (Å²) in [6.45, 7) is 4.46. The predicted molar refractivity (Wildman–Crippen MR) is 93.2 cm³/mol. The minimum atomic E-state index is 0.313. The maximum absolute atomic E-state index is 4.95. The molecule has 1 nitrogen and oxygen atoms in total. The first-order valence-corrected chi connectivity index (χ1v) is 8.36. The van der Waals surface area contributed by atoms with Gasteiger partial charge in [-0.1, -0.05) is 72.2 Å². The van der Waals surface area contributed by atoms with Gasteiger partial charge < -0.3 is 0 Å². The summed E-state index contributed by atoms with van der Waals surface area (Å²) in [6, 6.07) is 17.6. The molecule has 0 bridgehead atoms. The Hall–Kier alpha value is -1.41. The Morgan fingerprint density at radius 1 is 1.05 bits per heavy atom. The Morgan fingerprint density at radius 3 is 2.43 bits per heavy atom. The minimum absolute atomic E-state index is 0.313. The smallest absolute Gasteiger partial charge is 0.0756 e. The zero-order chi connectivity index (χ0) is 14.8. The molecule has 0 spiro atoms. The van der Waals surface area contributed by atoms with Crippen molar-refractivity contribution < 1.29 is 0 Å². The Morgan fingerprint density at radius 2 is 1.76 bits per heavy atom. The van der Waals surface area contributed by atoms with Crippen LogP contribution in [-0.4, -0.2) is 5.71 Å². The van der Waals surface area contributed by atoms with E-state index in [1.165, 1.54) is 22.4 Å². The van der Waals surface area contributed by atoms with Crippen molar-refractivity contribution in [3.63, 3.8) is 0 Å². The second-order valence-corrected chi connectivity index (χ2v) is 6.79. The van der Waals surface area contributed by atoms with Crippen LogP contribution in [0.15, 0.2) is 58.0 Å². The molecule has 0 aromatic heterocycles. The van der Waals surface area contributed by atoms with E-state index in [1.54, 1.807) is 0 Å². The highest BCUT2D eigenvalue weighted by Crippen LogP contribution is 2.33. The van der Waals surface area contributed by atoms with Gasteiger partial charge in [-0.25, -0.2) is 0 Å². The topological polar surface area (TPSA) is 12.4 Å². The molecule has 2 aromatic carbocycles. The second-order valence-electron chi connectivity index (χ2n) is 5.93. The molecular weight excluding hydrogens is 322 g/mol. The lowest BCUT2D eigenvalue weighted by Crippen LogP contribution is -1.96. The second kappa shape index (κ2) is 6.15. The number of hydrogen-bond acceptors (Lipinski definition) is 1.